The lowest BCUT2D eigenvalue weighted by atomic mass is 9.74. The number of nitrogens with zero attached hydrogens (tertiary/aromatic N) is 1. The van der Waals surface area contributed by atoms with E-state index in [1.165, 1.54) is 6.42 Å². The molecule has 0 aromatic carbocycles. The van der Waals surface area contributed by atoms with Gasteiger partial charge in [-0.05, 0) is 30.2 Å². The number of methoxy groups -OCH3 is 1. The van der Waals surface area contributed by atoms with Crippen LogP contribution in [0.4, 0.5) is 0 Å². The molecule has 0 aliphatic heterocycles. The normalized spacial score (nSPS) is 23.6. The van der Waals surface area contributed by atoms with Crippen molar-refractivity contribution in [2.45, 2.75) is 38.0 Å². The van der Waals surface area contributed by atoms with Crippen LogP contribution in [0, 0.1) is 5.92 Å². The Morgan fingerprint density at radius 2 is 2.22 bits per heavy atom. The molecule has 98 valence electrons. The van der Waals surface area contributed by atoms with Crippen LogP contribution in [0.1, 0.15) is 43.6 Å². The Labute approximate surface area is 107 Å². The van der Waals surface area contributed by atoms with Crippen LogP contribution in [0.5, 0.6) is 5.88 Å². The zero-order valence-corrected chi connectivity index (χ0v) is 10.6. The van der Waals surface area contributed by atoms with E-state index < -0.39 is 5.97 Å². The lowest BCUT2D eigenvalue weighted by Crippen LogP contribution is -2.20. The van der Waals surface area contributed by atoms with Crippen molar-refractivity contribution < 1.29 is 14.6 Å². The minimum absolute atomic E-state index is 0.242. The van der Waals surface area contributed by atoms with Gasteiger partial charge in [-0.15, -0.1) is 0 Å². The molecule has 2 rings (SSSR count). The number of aliphatic carboxylic acids is 1. The smallest absolute Gasteiger partial charge is 0.303 e. The molecule has 4 nitrogen and oxygen atoms in total. The molecule has 0 bridgehead atoms. The number of carboxylic acids is 1. The number of ether oxygens (including phenoxy) is 1. The zero-order valence-electron chi connectivity index (χ0n) is 10.6. The molecule has 2 atom stereocenters. The van der Waals surface area contributed by atoms with Crippen LogP contribution in [0.3, 0.4) is 0 Å². The average molecular weight is 249 g/mol. The van der Waals surface area contributed by atoms with Crippen molar-refractivity contribution in [2.75, 3.05) is 7.11 Å². The highest BCUT2D eigenvalue weighted by atomic mass is 16.5. The fraction of sp³-hybridized carbons (Fsp3) is 0.571. The first-order valence-corrected chi connectivity index (χ1v) is 6.42. The van der Waals surface area contributed by atoms with Gasteiger partial charge in [-0.3, -0.25) is 4.79 Å². The molecule has 0 saturated heterocycles. The van der Waals surface area contributed by atoms with Crippen LogP contribution < -0.4 is 4.74 Å². The Balaban J connectivity index is 2.13. The van der Waals surface area contributed by atoms with Gasteiger partial charge in [-0.25, -0.2) is 4.98 Å². The standard InChI is InChI=1S/C14H19NO3/c1-18-13-7-6-11(9-15-13)12-5-3-2-4-10(12)8-14(16)17/h6-7,9-10,12H,2-5,8H2,1H3,(H,16,17)/t10-,12-/m1/s1. The van der Waals surface area contributed by atoms with Crippen LogP contribution >= 0.6 is 0 Å². The maximum Gasteiger partial charge on any atom is 0.303 e. The molecule has 0 unspecified atom stereocenters. The van der Waals surface area contributed by atoms with E-state index >= 15 is 0 Å². The number of hydrogen-bond acceptors (Lipinski definition) is 3. The van der Waals surface area contributed by atoms with Gasteiger partial charge in [0.1, 0.15) is 0 Å². The molecule has 1 aromatic rings. The summed E-state index contributed by atoms with van der Waals surface area (Å²) in [5, 5.41) is 8.98. The summed E-state index contributed by atoms with van der Waals surface area (Å²) in [7, 11) is 1.59. The van der Waals surface area contributed by atoms with Crippen molar-refractivity contribution in [2.24, 2.45) is 5.92 Å². The fourth-order valence-electron chi connectivity index (χ4n) is 2.85. The lowest BCUT2D eigenvalue weighted by molar-refractivity contribution is -0.138. The first kappa shape index (κ1) is 12.9. The van der Waals surface area contributed by atoms with E-state index in [2.05, 4.69) is 4.98 Å². The van der Waals surface area contributed by atoms with Crippen molar-refractivity contribution in [1.29, 1.82) is 0 Å². The molecule has 1 aliphatic rings. The molecular weight excluding hydrogens is 230 g/mol. The Morgan fingerprint density at radius 1 is 1.44 bits per heavy atom. The highest BCUT2D eigenvalue weighted by molar-refractivity contribution is 5.67. The first-order valence-electron chi connectivity index (χ1n) is 6.42. The molecular formula is C14H19NO3. The third-order valence-corrected chi connectivity index (χ3v) is 3.74. The largest absolute Gasteiger partial charge is 0.481 e. The van der Waals surface area contributed by atoms with Gasteiger partial charge in [0.25, 0.3) is 0 Å². The Morgan fingerprint density at radius 3 is 2.83 bits per heavy atom. The predicted molar refractivity (Wildman–Crippen MR) is 67.7 cm³/mol. The molecule has 1 fully saturated rings. The summed E-state index contributed by atoms with van der Waals surface area (Å²) in [5.41, 5.74) is 1.14. The Bertz CT molecular complexity index is 402. The van der Waals surface area contributed by atoms with E-state index in [-0.39, 0.29) is 12.3 Å². The SMILES string of the molecule is COc1ccc([C@@H]2CCCC[C@@H]2CC(=O)O)cn1. The van der Waals surface area contributed by atoms with Crippen LogP contribution in [-0.4, -0.2) is 23.2 Å². The topological polar surface area (TPSA) is 59.4 Å². The highest BCUT2D eigenvalue weighted by Crippen LogP contribution is 2.39. The quantitative estimate of drug-likeness (QED) is 0.891. The summed E-state index contributed by atoms with van der Waals surface area (Å²) >= 11 is 0. The number of carbonyl (C=O) groups is 1. The molecule has 0 radical (unpaired) electrons. The number of aromatic nitrogens is 1. The molecule has 0 spiro atoms. The Hall–Kier alpha value is -1.58. The van der Waals surface area contributed by atoms with Crippen LogP contribution in [0.15, 0.2) is 18.3 Å². The average Bonchev–Trinajstić information content (AvgIpc) is 2.39. The second-order valence-corrected chi connectivity index (χ2v) is 4.88. The molecule has 0 amide bonds. The van der Waals surface area contributed by atoms with Gasteiger partial charge in [0.05, 0.1) is 7.11 Å². The van der Waals surface area contributed by atoms with E-state index in [0.29, 0.717) is 11.8 Å². The summed E-state index contributed by atoms with van der Waals surface area (Å²) in [6, 6.07) is 3.86. The number of hydrogen-bond donors (Lipinski definition) is 1. The molecule has 1 aromatic heterocycles. The Kier molecular flexibility index (Phi) is 4.18. The van der Waals surface area contributed by atoms with Crippen molar-refractivity contribution in [3.8, 4) is 5.88 Å². The molecule has 1 N–H and O–H groups in total. The molecule has 4 heteroatoms. The van der Waals surface area contributed by atoms with Crippen molar-refractivity contribution in [3.63, 3.8) is 0 Å². The van der Waals surface area contributed by atoms with E-state index in [4.69, 9.17) is 9.84 Å². The summed E-state index contributed by atoms with van der Waals surface area (Å²) in [6.07, 6.45) is 6.46. The van der Waals surface area contributed by atoms with E-state index in [9.17, 15) is 4.79 Å². The van der Waals surface area contributed by atoms with Gasteiger partial charge in [0.15, 0.2) is 0 Å². The van der Waals surface area contributed by atoms with Gasteiger partial charge in [-0.1, -0.05) is 18.9 Å². The molecule has 1 aliphatic carbocycles. The van der Waals surface area contributed by atoms with Gasteiger partial charge in [0.2, 0.25) is 5.88 Å². The summed E-state index contributed by atoms with van der Waals surface area (Å²) < 4.78 is 5.04. The number of carboxylic acid groups (broad SMARTS) is 1. The molecule has 18 heavy (non-hydrogen) atoms. The first-order chi connectivity index (χ1) is 8.70. The van der Waals surface area contributed by atoms with Gasteiger partial charge >= 0.3 is 5.97 Å². The summed E-state index contributed by atoms with van der Waals surface area (Å²) in [5.74, 6) is 0.470. The van der Waals surface area contributed by atoms with E-state index in [1.807, 2.05) is 18.3 Å². The number of pyridine rings is 1. The summed E-state index contributed by atoms with van der Waals surface area (Å²) in [6.45, 7) is 0. The van der Waals surface area contributed by atoms with Gasteiger partial charge in [-0.2, -0.15) is 0 Å². The molecule has 1 heterocycles. The van der Waals surface area contributed by atoms with Gasteiger partial charge in [0, 0.05) is 18.7 Å². The monoisotopic (exact) mass is 249 g/mol. The van der Waals surface area contributed by atoms with E-state index in [1.54, 1.807) is 7.11 Å². The zero-order chi connectivity index (χ0) is 13.0. The number of rotatable bonds is 4. The van der Waals surface area contributed by atoms with Crippen LogP contribution in [-0.2, 0) is 4.79 Å². The minimum Gasteiger partial charge on any atom is -0.481 e. The third kappa shape index (κ3) is 3.00. The fourth-order valence-corrected chi connectivity index (χ4v) is 2.85. The van der Waals surface area contributed by atoms with Crippen LogP contribution in [0.2, 0.25) is 0 Å². The third-order valence-electron chi connectivity index (χ3n) is 3.74. The highest BCUT2D eigenvalue weighted by Gasteiger charge is 2.28. The maximum absolute atomic E-state index is 10.9. The predicted octanol–water partition coefficient (Wildman–Crippen LogP) is 2.84. The van der Waals surface area contributed by atoms with Crippen molar-refractivity contribution >= 4 is 5.97 Å². The van der Waals surface area contributed by atoms with Gasteiger partial charge < -0.3 is 9.84 Å². The second-order valence-electron chi connectivity index (χ2n) is 4.88. The summed E-state index contributed by atoms with van der Waals surface area (Å²) in [4.78, 5) is 15.1. The lowest BCUT2D eigenvalue weighted by Gasteiger charge is -2.30. The maximum atomic E-state index is 10.9. The second kappa shape index (κ2) is 5.85. The molecule has 1 saturated carbocycles. The van der Waals surface area contributed by atoms with E-state index in [0.717, 1.165) is 24.8 Å². The van der Waals surface area contributed by atoms with Crippen molar-refractivity contribution in [3.05, 3.63) is 23.9 Å². The van der Waals surface area contributed by atoms with Crippen molar-refractivity contribution in [1.82, 2.24) is 4.98 Å². The minimum atomic E-state index is -0.701. The van der Waals surface area contributed by atoms with Crippen LogP contribution in [0.25, 0.3) is 0 Å².